The van der Waals surface area contributed by atoms with Crippen molar-refractivity contribution >= 4 is 11.8 Å². The molecule has 2 aliphatic rings. The molecule has 2 atom stereocenters. The van der Waals surface area contributed by atoms with Crippen LogP contribution < -0.4 is 14.8 Å². The molecule has 0 bridgehead atoms. The van der Waals surface area contributed by atoms with E-state index in [4.69, 9.17) is 9.47 Å². The van der Waals surface area contributed by atoms with Crippen molar-refractivity contribution in [3.8, 4) is 11.5 Å². The smallest absolute Gasteiger partial charge is 0.253 e. The van der Waals surface area contributed by atoms with E-state index in [1.165, 1.54) is 0 Å². The molecular weight excluding hydrogens is 368 g/mol. The zero-order chi connectivity index (χ0) is 20.4. The summed E-state index contributed by atoms with van der Waals surface area (Å²) < 4.78 is 10.4. The molecule has 6 heteroatoms. The van der Waals surface area contributed by atoms with Gasteiger partial charge in [0.05, 0.1) is 20.1 Å². The molecule has 152 valence electrons. The highest BCUT2D eigenvalue weighted by Gasteiger charge is 2.41. The third-order valence-electron chi connectivity index (χ3n) is 5.75. The van der Waals surface area contributed by atoms with Gasteiger partial charge in [0.1, 0.15) is 11.5 Å². The van der Waals surface area contributed by atoms with Gasteiger partial charge in [-0.3, -0.25) is 9.59 Å². The number of nitrogens with zero attached hydrogens (tertiary/aromatic N) is 1. The third kappa shape index (κ3) is 4.21. The molecule has 6 nitrogen and oxygen atoms in total. The summed E-state index contributed by atoms with van der Waals surface area (Å²) >= 11 is 0. The van der Waals surface area contributed by atoms with Crippen molar-refractivity contribution < 1.29 is 19.1 Å². The fourth-order valence-corrected chi connectivity index (χ4v) is 3.88. The molecule has 2 unspecified atom stereocenters. The molecule has 0 spiro atoms. The van der Waals surface area contributed by atoms with Gasteiger partial charge >= 0.3 is 0 Å². The molecule has 1 aliphatic heterocycles. The summed E-state index contributed by atoms with van der Waals surface area (Å²) in [4.78, 5) is 27.7. The van der Waals surface area contributed by atoms with Crippen molar-refractivity contribution in [2.75, 3.05) is 27.3 Å². The Labute approximate surface area is 170 Å². The first-order valence-electron chi connectivity index (χ1n) is 9.96. The van der Waals surface area contributed by atoms with Crippen LogP contribution in [0.4, 0.5) is 0 Å². The van der Waals surface area contributed by atoms with E-state index in [-0.39, 0.29) is 23.7 Å². The van der Waals surface area contributed by atoms with Crippen LogP contribution in [-0.2, 0) is 4.79 Å². The fourth-order valence-electron chi connectivity index (χ4n) is 3.88. The summed E-state index contributed by atoms with van der Waals surface area (Å²) in [5, 5.41) is 3.11. The Morgan fingerprint density at radius 2 is 1.48 bits per heavy atom. The number of hydrogen-bond acceptors (Lipinski definition) is 4. The predicted octanol–water partition coefficient (Wildman–Crippen LogP) is 2.84. The first-order valence-corrected chi connectivity index (χ1v) is 9.96. The topological polar surface area (TPSA) is 67.9 Å². The van der Waals surface area contributed by atoms with Gasteiger partial charge in [0, 0.05) is 30.6 Å². The molecule has 29 heavy (non-hydrogen) atoms. The van der Waals surface area contributed by atoms with Crippen molar-refractivity contribution in [2.45, 2.75) is 24.8 Å². The van der Waals surface area contributed by atoms with Gasteiger partial charge in [0.25, 0.3) is 5.91 Å². The van der Waals surface area contributed by atoms with E-state index in [2.05, 4.69) is 5.32 Å². The van der Waals surface area contributed by atoms with E-state index in [0.29, 0.717) is 30.4 Å². The van der Waals surface area contributed by atoms with Crippen molar-refractivity contribution in [3.05, 3.63) is 59.7 Å². The summed E-state index contributed by atoms with van der Waals surface area (Å²) in [7, 11) is 3.23. The quantitative estimate of drug-likeness (QED) is 0.818. The molecular formula is C23H26N2O4. The van der Waals surface area contributed by atoms with Crippen molar-refractivity contribution in [1.82, 2.24) is 10.2 Å². The average Bonchev–Trinajstić information content (AvgIpc) is 3.47. The summed E-state index contributed by atoms with van der Waals surface area (Å²) in [6, 6.07) is 15.2. The second kappa shape index (κ2) is 8.15. The number of methoxy groups -OCH3 is 2. The van der Waals surface area contributed by atoms with Crippen LogP contribution in [-0.4, -0.2) is 50.1 Å². The van der Waals surface area contributed by atoms with Gasteiger partial charge in [-0.25, -0.2) is 0 Å². The summed E-state index contributed by atoms with van der Waals surface area (Å²) in [5.41, 5.74) is 1.65. The number of amides is 2. The number of hydrogen-bond donors (Lipinski definition) is 1. The lowest BCUT2D eigenvalue weighted by Gasteiger charge is -2.18. The lowest BCUT2D eigenvalue weighted by Crippen LogP contribution is -2.36. The lowest BCUT2D eigenvalue weighted by atomic mass is 9.88. The van der Waals surface area contributed by atoms with Crippen molar-refractivity contribution in [1.29, 1.82) is 0 Å². The summed E-state index contributed by atoms with van der Waals surface area (Å²) in [6.07, 6.45) is 2.08. The van der Waals surface area contributed by atoms with Crippen LogP contribution in [0.15, 0.2) is 48.5 Å². The van der Waals surface area contributed by atoms with Crippen molar-refractivity contribution in [2.24, 2.45) is 5.92 Å². The average molecular weight is 394 g/mol. The van der Waals surface area contributed by atoms with Crippen LogP contribution in [0.25, 0.3) is 0 Å². The Morgan fingerprint density at radius 3 is 2.03 bits per heavy atom. The molecule has 4 rings (SSSR count). The normalized spacial score (nSPS) is 21.0. The van der Waals surface area contributed by atoms with E-state index in [0.717, 1.165) is 24.2 Å². The molecule has 2 amide bonds. The van der Waals surface area contributed by atoms with E-state index < -0.39 is 0 Å². The van der Waals surface area contributed by atoms with Gasteiger partial charge in [-0.05, 0) is 54.8 Å². The zero-order valence-electron chi connectivity index (χ0n) is 16.8. The second-order valence-corrected chi connectivity index (χ2v) is 7.71. The lowest BCUT2D eigenvalue weighted by molar-refractivity contribution is -0.125. The zero-order valence-corrected chi connectivity index (χ0v) is 16.8. The van der Waals surface area contributed by atoms with Crippen LogP contribution in [0.3, 0.4) is 0 Å². The fraction of sp³-hybridized carbons (Fsp3) is 0.391. The van der Waals surface area contributed by atoms with Crippen LogP contribution in [0.2, 0.25) is 0 Å². The predicted molar refractivity (Wildman–Crippen MR) is 109 cm³/mol. The highest BCUT2D eigenvalue weighted by molar-refractivity contribution is 5.95. The number of likely N-dealkylation sites (tertiary alicyclic amines) is 1. The monoisotopic (exact) mass is 394 g/mol. The molecule has 1 saturated heterocycles. The Hall–Kier alpha value is -3.02. The first kappa shape index (κ1) is 19.3. The maximum atomic E-state index is 13.1. The molecule has 0 radical (unpaired) electrons. The highest BCUT2D eigenvalue weighted by atomic mass is 16.5. The highest BCUT2D eigenvalue weighted by Crippen LogP contribution is 2.35. The molecule has 1 N–H and O–H groups in total. The molecule has 1 saturated carbocycles. The second-order valence-electron chi connectivity index (χ2n) is 7.71. The van der Waals surface area contributed by atoms with Gasteiger partial charge in [-0.1, -0.05) is 12.1 Å². The molecule has 1 heterocycles. The Bertz CT molecular complexity index is 875. The minimum atomic E-state index is -0.258. The molecule has 1 aliphatic carbocycles. The van der Waals surface area contributed by atoms with Gasteiger partial charge in [-0.15, -0.1) is 0 Å². The van der Waals surface area contributed by atoms with Gasteiger partial charge in [-0.2, -0.15) is 0 Å². The minimum Gasteiger partial charge on any atom is -0.497 e. The van der Waals surface area contributed by atoms with Crippen LogP contribution in [0, 0.1) is 5.92 Å². The van der Waals surface area contributed by atoms with Crippen molar-refractivity contribution in [3.63, 3.8) is 0 Å². The Kier molecular flexibility index (Phi) is 5.43. The largest absolute Gasteiger partial charge is 0.497 e. The number of carbonyl (C=O) groups excluding carboxylic acids is 2. The van der Waals surface area contributed by atoms with Gasteiger partial charge in [0.2, 0.25) is 5.91 Å². The number of carbonyl (C=O) groups is 2. The van der Waals surface area contributed by atoms with E-state index in [9.17, 15) is 9.59 Å². The SMILES string of the molecule is COc1ccc(C(=O)N2CC(C(=O)NC3CC3)C(c3ccc(OC)cc3)C2)cc1. The van der Waals surface area contributed by atoms with E-state index >= 15 is 0 Å². The maximum absolute atomic E-state index is 13.1. The number of rotatable bonds is 6. The number of benzene rings is 2. The number of ether oxygens (including phenoxy) is 2. The summed E-state index contributed by atoms with van der Waals surface area (Å²) in [6.45, 7) is 0.931. The molecule has 2 aromatic carbocycles. The first-order chi connectivity index (χ1) is 14.1. The molecule has 2 aromatic rings. The Morgan fingerprint density at radius 1 is 0.897 bits per heavy atom. The Balaban J connectivity index is 1.55. The van der Waals surface area contributed by atoms with Gasteiger partial charge in [0.15, 0.2) is 0 Å². The van der Waals surface area contributed by atoms with Crippen LogP contribution >= 0.6 is 0 Å². The maximum Gasteiger partial charge on any atom is 0.253 e. The number of nitrogens with one attached hydrogen (secondary N) is 1. The molecule has 2 fully saturated rings. The van der Waals surface area contributed by atoms with E-state index in [1.807, 2.05) is 24.3 Å². The standard InChI is InChI=1S/C23H26N2O4/c1-28-18-9-3-15(4-10-18)20-13-25(14-21(20)22(26)24-17-7-8-17)23(27)16-5-11-19(29-2)12-6-16/h3-6,9-12,17,20-21H,7-8,13-14H2,1-2H3,(H,24,26). The van der Waals surface area contributed by atoms with Gasteiger partial charge < -0.3 is 19.7 Å². The van der Waals surface area contributed by atoms with E-state index in [1.54, 1.807) is 43.4 Å². The summed E-state index contributed by atoms with van der Waals surface area (Å²) in [5.74, 6) is 1.16. The van der Waals surface area contributed by atoms with Crippen LogP contribution in [0.5, 0.6) is 11.5 Å². The molecule has 0 aromatic heterocycles. The minimum absolute atomic E-state index is 0.0399. The third-order valence-corrected chi connectivity index (χ3v) is 5.75. The van der Waals surface area contributed by atoms with Crippen LogP contribution in [0.1, 0.15) is 34.7 Å².